The van der Waals surface area contributed by atoms with Crippen LogP contribution in [0.2, 0.25) is 0 Å². The summed E-state index contributed by atoms with van der Waals surface area (Å²) in [6.07, 6.45) is 0.396. The van der Waals surface area contributed by atoms with Gasteiger partial charge in [-0.15, -0.1) is 0 Å². The predicted octanol–water partition coefficient (Wildman–Crippen LogP) is 4.56. The Hall–Kier alpha value is -3.79. The van der Waals surface area contributed by atoms with Gasteiger partial charge in [0.05, 0.1) is 52.2 Å². The van der Waals surface area contributed by atoms with Crippen LogP contribution in [0.5, 0.6) is 5.75 Å². The number of sulfone groups is 1. The highest BCUT2D eigenvalue weighted by Crippen LogP contribution is 2.33. The van der Waals surface area contributed by atoms with Crippen LogP contribution >= 0.6 is 0 Å². The third-order valence-electron chi connectivity index (χ3n) is 6.22. The Morgan fingerprint density at radius 2 is 1.94 bits per heavy atom. The molecule has 1 unspecified atom stereocenters. The number of benzene rings is 2. The molecule has 0 bridgehead atoms. The molecule has 36 heavy (non-hydrogen) atoms. The third-order valence-corrected chi connectivity index (χ3v) is 7.97. The first-order chi connectivity index (χ1) is 17.3. The van der Waals surface area contributed by atoms with Crippen molar-refractivity contribution in [2.24, 2.45) is 0 Å². The van der Waals surface area contributed by atoms with Gasteiger partial charge in [-0.3, -0.25) is 4.79 Å². The minimum Gasteiger partial charge on any atom is -0.492 e. The first-order valence-corrected chi connectivity index (χ1v) is 13.5. The molecule has 186 valence electrons. The average Bonchev–Trinajstić information content (AvgIpc) is 3.38. The van der Waals surface area contributed by atoms with E-state index in [1.807, 2.05) is 13.0 Å². The van der Waals surface area contributed by atoms with E-state index in [1.54, 1.807) is 54.1 Å². The summed E-state index contributed by atoms with van der Waals surface area (Å²) in [6, 6.07) is 14.4. The van der Waals surface area contributed by atoms with E-state index in [1.165, 1.54) is 6.07 Å². The highest BCUT2D eigenvalue weighted by molar-refractivity contribution is 7.91. The van der Waals surface area contributed by atoms with E-state index < -0.39 is 27.6 Å². The van der Waals surface area contributed by atoms with Crippen molar-refractivity contribution in [2.75, 3.05) is 23.4 Å². The average molecular weight is 509 g/mol. The molecule has 0 radical (unpaired) electrons. The normalized spacial score (nSPS) is 16.8. The van der Waals surface area contributed by atoms with Crippen molar-refractivity contribution in [3.05, 3.63) is 71.7 Å². The Balaban J connectivity index is 1.68. The molecule has 1 aliphatic heterocycles. The van der Waals surface area contributed by atoms with Crippen LogP contribution in [0.1, 0.15) is 35.4 Å². The van der Waals surface area contributed by atoms with Gasteiger partial charge in [0.1, 0.15) is 11.6 Å². The van der Waals surface area contributed by atoms with Gasteiger partial charge in [-0.2, -0.15) is 5.10 Å². The number of nitrogens with one attached hydrogen (secondary N) is 1. The number of halogens is 1. The molecule has 5 rings (SSSR count). The molecule has 4 aromatic rings. The van der Waals surface area contributed by atoms with Crippen LogP contribution in [0.4, 0.5) is 10.1 Å². The number of fused-ring (bicyclic) bond motifs is 1. The Morgan fingerprint density at radius 3 is 2.67 bits per heavy atom. The van der Waals surface area contributed by atoms with Crippen LogP contribution in [-0.4, -0.2) is 47.2 Å². The third kappa shape index (κ3) is 4.44. The van der Waals surface area contributed by atoms with Crippen molar-refractivity contribution < 1.29 is 22.3 Å². The van der Waals surface area contributed by atoms with Gasteiger partial charge in [0, 0.05) is 5.56 Å². The number of carbonyl (C=O) groups excluding carboxylic acids is 1. The summed E-state index contributed by atoms with van der Waals surface area (Å²) in [6.45, 7) is 4.03. The molecule has 0 aliphatic carbocycles. The lowest BCUT2D eigenvalue weighted by Crippen LogP contribution is -2.15. The highest BCUT2D eigenvalue weighted by atomic mass is 32.2. The molecule has 2 aromatic heterocycles. The Labute approximate surface area is 208 Å². The van der Waals surface area contributed by atoms with Crippen LogP contribution in [0.15, 0.2) is 54.6 Å². The second-order valence-corrected chi connectivity index (χ2v) is 10.9. The van der Waals surface area contributed by atoms with Gasteiger partial charge in [0.15, 0.2) is 15.5 Å². The summed E-state index contributed by atoms with van der Waals surface area (Å²) in [4.78, 5) is 18.3. The zero-order valence-electron chi connectivity index (χ0n) is 19.9. The quantitative estimate of drug-likeness (QED) is 0.410. The summed E-state index contributed by atoms with van der Waals surface area (Å²) in [5.41, 5.74) is 2.12. The minimum atomic E-state index is -3.19. The standard InChI is InChI=1S/C26H25FN4O4S/c1-3-35-23-11-7-6-10-21(23)29-26(32)19-14-22(18-8-4-5-9-20(18)27)28-25-24(19)16(2)30-31(25)17-12-13-36(33,34)15-17/h4-11,14,17H,3,12-13,15H2,1-2H3,(H,29,32). The maximum absolute atomic E-state index is 14.7. The topological polar surface area (TPSA) is 103 Å². The summed E-state index contributed by atoms with van der Waals surface area (Å²) in [5, 5.41) is 7.97. The molecule has 1 N–H and O–H groups in total. The van der Waals surface area contributed by atoms with Gasteiger partial charge in [0.25, 0.3) is 5.91 Å². The maximum atomic E-state index is 14.7. The number of nitrogens with zero attached hydrogens (tertiary/aromatic N) is 3. The zero-order chi connectivity index (χ0) is 25.4. The van der Waals surface area contributed by atoms with Crippen molar-refractivity contribution in [1.82, 2.24) is 14.8 Å². The van der Waals surface area contributed by atoms with Crippen molar-refractivity contribution in [2.45, 2.75) is 26.3 Å². The van der Waals surface area contributed by atoms with Crippen LogP contribution < -0.4 is 10.1 Å². The molecule has 1 saturated heterocycles. The fraction of sp³-hybridized carbons (Fsp3) is 0.269. The van der Waals surface area contributed by atoms with Crippen LogP contribution in [-0.2, 0) is 9.84 Å². The van der Waals surface area contributed by atoms with E-state index in [9.17, 15) is 17.6 Å². The molecule has 1 amide bonds. The Bertz CT molecular complexity index is 1580. The largest absolute Gasteiger partial charge is 0.492 e. The SMILES string of the molecule is CCOc1ccccc1NC(=O)c1cc(-c2ccccc2F)nc2c1c(C)nn2C1CCS(=O)(=O)C1. The molecule has 1 aliphatic rings. The lowest BCUT2D eigenvalue weighted by Gasteiger charge is -2.14. The number of rotatable bonds is 6. The molecule has 8 nitrogen and oxygen atoms in total. The van der Waals surface area contributed by atoms with E-state index in [0.717, 1.165) is 0 Å². The van der Waals surface area contributed by atoms with Crippen LogP contribution in [0.25, 0.3) is 22.3 Å². The number of aromatic nitrogens is 3. The lowest BCUT2D eigenvalue weighted by atomic mass is 10.0. The summed E-state index contributed by atoms with van der Waals surface area (Å²) < 4.78 is 46.3. The van der Waals surface area contributed by atoms with Crippen molar-refractivity contribution in [3.8, 4) is 17.0 Å². The first kappa shape index (κ1) is 23.9. The number of carbonyl (C=O) groups is 1. The van der Waals surface area contributed by atoms with E-state index in [4.69, 9.17) is 4.74 Å². The minimum absolute atomic E-state index is 0.0575. The molecule has 10 heteroatoms. The lowest BCUT2D eigenvalue weighted by molar-refractivity contribution is 0.102. The smallest absolute Gasteiger partial charge is 0.256 e. The first-order valence-electron chi connectivity index (χ1n) is 11.7. The van der Waals surface area contributed by atoms with E-state index in [-0.39, 0.29) is 28.3 Å². The number of hydrogen-bond donors (Lipinski definition) is 1. The molecule has 2 aromatic carbocycles. The van der Waals surface area contributed by atoms with Crippen molar-refractivity contribution in [1.29, 1.82) is 0 Å². The Kier molecular flexibility index (Phi) is 6.21. The predicted molar refractivity (Wildman–Crippen MR) is 136 cm³/mol. The van der Waals surface area contributed by atoms with Gasteiger partial charge in [0.2, 0.25) is 0 Å². The number of hydrogen-bond acceptors (Lipinski definition) is 6. The maximum Gasteiger partial charge on any atom is 0.256 e. The summed E-state index contributed by atoms with van der Waals surface area (Å²) in [5.74, 6) is -0.390. The second-order valence-electron chi connectivity index (χ2n) is 8.70. The molecular formula is C26H25FN4O4S. The van der Waals surface area contributed by atoms with Gasteiger partial charge in [-0.05, 0) is 50.6 Å². The van der Waals surface area contributed by atoms with Crippen molar-refractivity contribution >= 4 is 32.5 Å². The highest BCUT2D eigenvalue weighted by Gasteiger charge is 2.32. The summed E-state index contributed by atoms with van der Waals surface area (Å²) in [7, 11) is -3.19. The number of aryl methyl sites for hydroxylation is 1. The number of amides is 1. The van der Waals surface area contributed by atoms with Gasteiger partial charge in [-0.1, -0.05) is 24.3 Å². The van der Waals surface area contributed by atoms with Gasteiger partial charge in [-0.25, -0.2) is 22.5 Å². The molecule has 3 heterocycles. The van der Waals surface area contributed by atoms with Gasteiger partial charge < -0.3 is 10.1 Å². The number of anilines is 1. The fourth-order valence-corrected chi connectivity index (χ4v) is 6.25. The number of para-hydroxylation sites is 2. The van der Waals surface area contributed by atoms with E-state index >= 15 is 0 Å². The summed E-state index contributed by atoms with van der Waals surface area (Å²) >= 11 is 0. The van der Waals surface area contributed by atoms with E-state index in [2.05, 4.69) is 15.4 Å². The monoisotopic (exact) mass is 508 g/mol. The van der Waals surface area contributed by atoms with Crippen LogP contribution in [0.3, 0.4) is 0 Å². The van der Waals surface area contributed by atoms with Crippen molar-refractivity contribution in [3.63, 3.8) is 0 Å². The second kappa shape index (κ2) is 9.34. The molecule has 1 fully saturated rings. The van der Waals surface area contributed by atoms with Gasteiger partial charge >= 0.3 is 0 Å². The van der Waals surface area contributed by atoms with E-state index in [0.29, 0.717) is 41.2 Å². The molecule has 0 spiro atoms. The zero-order valence-corrected chi connectivity index (χ0v) is 20.7. The molecule has 1 atom stereocenters. The molecule has 0 saturated carbocycles. The molecular weight excluding hydrogens is 483 g/mol. The number of pyridine rings is 1. The Morgan fingerprint density at radius 1 is 1.19 bits per heavy atom. The van der Waals surface area contributed by atoms with Crippen LogP contribution in [0, 0.1) is 12.7 Å². The number of ether oxygens (including phenoxy) is 1. The fourth-order valence-electron chi connectivity index (χ4n) is 4.56.